The van der Waals surface area contributed by atoms with Crippen LogP contribution in [0.2, 0.25) is 0 Å². The zero-order chi connectivity index (χ0) is 16.4. The Bertz CT molecular complexity index is 946. The van der Waals surface area contributed by atoms with Crippen LogP contribution in [0.3, 0.4) is 0 Å². The zero-order valence-corrected chi connectivity index (χ0v) is 15.0. The fraction of sp³-hybridized carbons (Fsp3) is 0.0714. The topological polar surface area (TPSA) is 33.7 Å². The highest BCUT2D eigenvalue weighted by molar-refractivity contribution is 9.18. The van der Waals surface area contributed by atoms with Crippen LogP contribution in [0, 0.1) is 6.92 Å². The lowest BCUT2D eigenvalue weighted by atomic mass is 9.88. The van der Waals surface area contributed by atoms with Gasteiger partial charge in [0, 0.05) is 40.0 Å². The summed E-state index contributed by atoms with van der Waals surface area (Å²) >= 11 is 6.46. The van der Waals surface area contributed by atoms with E-state index in [-0.39, 0.29) is 0 Å². The predicted octanol–water partition coefficient (Wildman–Crippen LogP) is 3.72. The van der Waals surface area contributed by atoms with Gasteiger partial charge in [-0.15, -0.1) is 0 Å². The Morgan fingerprint density at radius 2 is 1.96 bits per heavy atom. The largest absolute Gasteiger partial charge is 0.738 e. The first-order valence-electron chi connectivity index (χ1n) is 6.85. The number of hydrogen-bond acceptors (Lipinski definition) is 2. The van der Waals surface area contributed by atoms with E-state index in [4.69, 9.17) is 0 Å². The fourth-order valence-electron chi connectivity index (χ4n) is 2.99. The molecule has 0 amide bonds. The molecule has 0 fully saturated rings. The molecule has 0 unspecified atom stereocenters. The van der Waals surface area contributed by atoms with Crippen molar-refractivity contribution in [1.29, 1.82) is 0 Å². The van der Waals surface area contributed by atoms with E-state index in [2.05, 4.69) is 41.8 Å². The smallest absolute Gasteiger partial charge is 0.389 e. The van der Waals surface area contributed by atoms with Gasteiger partial charge in [-0.25, -0.2) is 9.97 Å². The molecular weight excluding hydrogens is 433 g/mol. The van der Waals surface area contributed by atoms with E-state index < -0.39 is 6.97 Å². The summed E-state index contributed by atoms with van der Waals surface area (Å²) in [6.07, 6.45) is 4.93. The summed E-state index contributed by atoms with van der Waals surface area (Å²) in [6, 6.07) is 5.03. The number of hydrogen-bond donors (Lipinski definition) is 0. The normalized spacial score (nSPS) is 18.5. The predicted molar refractivity (Wildman–Crippen MR) is 91.6 cm³/mol. The molecule has 0 N–H and O–H groups in total. The summed E-state index contributed by atoms with van der Waals surface area (Å²) in [5.74, 6) is 0.590. The molecule has 0 bridgehead atoms. The monoisotopic (exact) mass is 440 g/mol. The van der Waals surface area contributed by atoms with Gasteiger partial charge in [-0.05, 0) is 41.1 Å². The van der Waals surface area contributed by atoms with Crippen molar-refractivity contribution in [3.05, 3.63) is 64.1 Å². The van der Waals surface area contributed by atoms with Crippen molar-refractivity contribution in [1.82, 2.24) is 14.4 Å². The van der Waals surface area contributed by atoms with Crippen molar-refractivity contribution in [2.24, 2.45) is 0 Å². The van der Waals surface area contributed by atoms with Gasteiger partial charge in [-0.3, -0.25) is 0 Å². The number of aryl methyl sites for hydroxylation is 1. The van der Waals surface area contributed by atoms with Gasteiger partial charge in [-0.2, -0.15) is 0 Å². The van der Waals surface area contributed by atoms with Crippen LogP contribution in [-0.2, 0) is 0 Å². The van der Waals surface area contributed by atoms with Crippen molar-refractivity contribution < 1.29 is 13.1 Å². The van der Waals surface area contributed by atoms with Gasteiger partial charge in [0.05, 0.1) is 15.9 Å². The first kappa shape index (κ1) is 15.0. The highest BCUT2D eigenvalue weighted by atomic mass is 79.9. The van der Waals surface area contributed by atoms with E-state index in [9.17, 15) is 0 Å². The summed E-state index contributed by atoms with van der Waals surface area (Å²) in [5.41, 5.74) is 2.12. The molecule has 0 aliphatic carbocycles. The van der Waals surface area contributed by atoms with Crippen LogP contribution < -0.4 is 0 Å². The number of fused-ring (bicyclic) bond motifs is 2. The molecule has 2 aromatic rings. The standard InChI is InChI=1S/C14H9BBr2F2N4/c1-8-20-7-6-9(21-8)14-10-2-4-12(16)22(10)15(18,19)23-11(14)3-5-13(23)17/h2-7H,1H3. The molecule has 2 aromatic heterocycles. The molecule has 9 heteroatoms. The minimum Gasteiger partial charge on any atom is -0.389 e. The molecular formula is C14H9BBr2F2N4. The van der Waals surface area contributed by atoms with Crippen LogP contribution in [0.5, 0.6) is 0 Å². The third kappa shape index (κ3) is 2.02. The highest BCUT2D eigenvalue weighted by Gasteiger charge is 2.54. The molecule has 116 valence electrons. The van der Waals surface area contributed by atoms with Crippen molar-refractivity contribution >= 4 is 49.0 Å². The van der Waals surface area contributed by atoms with E-state index in [0.29, 0.717) is 37.7 Å². The molecule has 0 saturated heterocycles. The second kappa shape index (κ2) is 4.94. The minimum absolute atomic E-state index is 0.326. The second-order valence-corrected chi connectivity index (χ2v) is 6.90. The van der Waals surface area contributed by atoms with Crippen LogP contribution >= 0.6 is 31.9 Å². The maximum Gasteiger partial charge on any atom is 0.738 e. The summed E-state index contributed by atoms with van der Waals surface area (Å²) in [7, 11) is 0. The van der Waals surface area contributed by atoms with E-state index in [1.54, 1.807) is 43.5 Å². The van der Waals surface area contributed by atoms with Gasteiger partial charge in [0.15, 0.2) is 5.70 Å². The van der Waals surface area contributed by atoms with Crippen LogP contribution in [-0.4, -0.2) is 30.5 Å². The quantitative estimate of drug-likeness (QED) is 0.632. The average Bonchev–Trinajstić information content (AvgIpc) is 3.05. The Kier molecular flexibility index (Phi) is 3.21. The molecule has 23 heavy (non-hydrogen) atoms. The lowest BCUT2D eigenvalue weighted by Crippen LogP contribution is -2.50. The molecule has 4 rings (SSSR count). The van der Waals surface area contributed by atoms with Gasteiger partial charge in [-0.1, -0.05) is 0 Å². The van der Waals surface area contributed by atoms with E-state index in [1.165, 1.54) is 0 Å². The molecule has 0 atom stereocenters. The minimum atomic E-state index is -4.00. The Labute approximate surface area is 147 Å². The Morgan fingerprint density at radius 1 is 1.17 bits per heavy atom. The van der Waals surface area contributed by atoms with E-state index in [1.807, 2.05) is 0 Å². The van der Waals surface area contributed by atoms with Crippen molar-refractivity contribution in [3.63, 3.8) is 0 Å². The van der Waals surface area contributed by atoms with Crippen LogP contribution in [0.4, 0.5) is 8.63 Å². The summed E-state index contributed by atoms with van der Waals surface area (Å²) in [6.45, 7) is -2.22. The number of allylic oxidation sites excluding steroid dienone is 2. The molecule has 0 spiro atoms. The van der Waals surface area contributed by atoms with Crippen molar-refractivity contribution in [2.45, 2.75) is 6.92 Å². The Hall–Kier alpha value is -1.61. The number of aromatic nitrogens is 3. The third-order valence-corrected chi connectivity index (χ3v) is 5.20. The number of halogens is 4. The van der Waals surface area contributed by atoms with Gasteiger partial charge in [0.1, 0.15) is 5.82 Å². The third-order valence-electron chi connectivity index (χ3n) is 3.90. The van der Waals surface area contributed by atoms with Crippen molar-refractivity contribution in [3.8, 4) is 0 Å². The highest BCUT2D eigenvalue weighted by Crippen LogP contribution is 2.41. The lowest BCUT2D eigenvalue weighted by Gasteiger charge is -2.31. The first-order chi connectivity index (χ1) is 10.9. The van der Waals surface area contributed by atoms with E-state index in [0.717, 1.165) is 8.96 Å². The first-order valence-corrected chi connectivity index (χ1v) is 8.43. The van der Waals surface area contributed by atoms with Crippen molar-refractivity contribution in [2.75, 3.05) is 0 Å². The van der Waals surface area contributed by atoms with Gasteiger partial charge >= 0.3 is 6.97 Å². The van der Waals surface area contributed by atoms with Crippen LogP contribution in [0.15, 0.2) is 46.8 Å². The molecule has 0 saturated carbocycles. The fourth-order valence-corrected chi connectivity index (χ4v) is 4.13. The van der Waals surface area contributed by atoms with Gasteiger partial charge < -0.3 is 17.6 Å². The van der Waals surface area contributed by atoms with Crippen LogP contribution in [0.25, 0.3) is 5.57 Å². The number of nitrogens with zero attached hydrogens (tertiary/aromatic N) is 4. The van der Waals surface area contributed by atoms with Gasteiger partial charge in [0.2, 0.25) is 4.62 Å². The summed E-state index contributed by atoms with van der Waals surface area (Å²) in [4.78, 5) is 8.50. The SMILES string of the molecule is Cc1nccc(C2=C3C=CC(Br)=[N+]3[B-](F)(F)n3c(Br)ccc32)n1. The average molecular weight is 442 g/mol. The molecule has 0 aromatic carbocycles. The zero-order valence-electron chi connectivity index (χ0n) is 11.8. The Balaban J connectivity index is 2.12. The lowest BCUT2D eigenvalue weighted by molar-refractivity contribution is -0.358. The summed E-state index contributed by atoms with van der Waals surface area (Å²) < 4.78 is 32.7. The van der Waals surface area contributed by atoms with Crippen LogP contribution in [0.1, 0.15) is 17.2 Å². The maximum absolute atomic E-state index is 15.0. The molecule has 4 nitrogen and oxygen atoms in total. The molecule has 4 heterocycles. The van der Waals surface area contributed by atoms with Gasteiger partial charge in [0.25, 0.3) is 0 Å². The molecule has 2 aliphatic heterocycles. The number of rotatable bonds is 1. The molecule has 0 radical (unpaired) electrons. The summed E-state index contributed by atoms with van der Waals surface area (Å²) in [5, 5.41) is 0. The Morgan fingerprint density at radius 3 is 2.70 bits per heavy atom. The second-order valence-electron chi connectivity index (χ2n) is 5.28. The maximum atomic E-state index is 15.0. The molecule has 2 aliphatic rings. The van der Waals surface area contributed by atoms with E-state index >= 15 is 8.63 Å².